The molecule has 0 saturated heterocycles. The van der Waals surface area contributed by atoms with Gasteiger partial charge in [0.2, 0.25) is 0 Å². The molecule has 1 heterocycles. The van der Waals surface area contributed by atoms with Crippen molar-refractivity contribution in [3.05, 3.63) is 40.4 Å². The van der Waals surface area contributed by atoms with Crippen LogP contribution in [0, 0.1) is 0 Å². The molecule has 1 aliphatic heterocycles. The highest BCUT2D eigenvalue weighted by molar-refractivity contribution is 6.33. The molecule has 0 atom stereocenters. The van der Waals surface area contributed by atoms with Gasteiger partial charge in [-0.05, 0) is 31.5 Å². The van der Waals surface area contributed by atoms with Gasteiger partial charge in [0.1, 0.15) is 0 Å². The Kier molecular flexibility index (Phi) is 3.30. The van der Waals surface area contributed by atoms with Crippen LogP contribution in [0.15, 0.2) is 29.8 Å². The Bertz CT molecular complexity index is 440. The summed E-state index contributed by atoms with van der Waals surface area (Å²) in [4.78, 5) is 12.9. The van der Waals surface area contributed by atoms with Crippen molar-refractivity contribution in [3.63, 3.8) is 0 Å². The molecule has 0 bridgehead atoms. The number of anilines is 1. The van der Waals surface area contributed by atoms with E-state index < -0.39 is 0 Å². The van der Waals surface area contributed by atoms with E-state index in [0.29, 0.717) is 10.6 Å². The summed E-state index contributed by atoms with van der Waals surface area (Å²) in [5.74, 6) is 0. The van der Waals surface area contributed by atoms with Crippen molar-refractivity contribution in [2.75, 3.05) is 18.0 Å². The van der Waals surface area contributed by atoms with Gasteiger partial charge < -0.3 is 4.90 Å². The first-order valence-electron chi connectivity index (χ1n) is 5.36. The van der Waals surface area contributed by atoms with Crippen LogP contribution in [0.2, 0.25) is 5.02 Å². The van der Waals surface area contributed by atoms with Crippen LogP contribution in [0.3, 0.4) is 0 Å². The van der Waals surface area contributed by atoms with E-state index in [9.17, 15) is 4.79 Å². The summed E-state index contributed by atoms with van der Waals surface area (Å²) in [6, 6.07) is 5.59. The number of carbonyl (C=O) groups is 1. The predicted octanol–water partition coefficient (Wildman–Crippen LogP) is 3.31. The zero-order valence-corrected chi connectivity index (χ0v) is 10.00. The van der Waals surface area contributed by atoms with E-state index in [4.69, 9.17) is 11.6 Å². The van der Waals surface area contributed by atoms with Gasteiger partial charge in [0, 0.05) is 24.3 Å². The van der Waals surface area contributed by atoms with Crippen molar-refractivity contribution in [1.82, 2.24) is 0 Å². The van der Waals surface area contributed by atoms with Gasteiger partial charge in [0.25, 0.3) is 0 Å². The number of aldehydes is 1. The first-order valence-corrected chi connectivity index (χ1v) is 5.74. The Hall–Kier alpha value is -1.28. The monoisotopic (exact) mass is 235 g/mol. The van der Waals surface area contributed by atoms with Crippen LogP contribution in [0.4, 0.5) is 5.69 Å². The van der Waals surface area contributed by atoms with Crippen LogP contribution < -0.4 is 4.90 Å². The average Bonchev–Trinajstić information content (AvgIpc) is 2.29. The van der Waals surface area contributed by atoms with E-state index in [1.54, 1.807) is 6.07 Å². The minimum Gasteiger partial charge on any atom is -0.367 e. The maximum atomic E-state index is 10.7. The quantitative estimate of drug-likeness (QED) is 0.579. The lowest BCUT2D eigenvalue weighted by Gasteiger charge is -2.28. The molecule has 2 rings (SSSR count). The third-order valence-corrected chi connectivity index (χ3v) is 3.14. The second-order valence-electron chi connectivity index (χ2n) is 4.08. The Morgan fingerprint density at radius 1 is 1.44 bits per heavy atom. The molecule has 3 heteroatoms. The van der Waals surface area contributed by atoms with Gasteiger partial charge in [0.15, 0.2) is 6.29 Å². The third-order valence-electron chi connectivity index (χ3n) is 2.81. The molecule has 0 amide bonds. The molecular weight excluding hydrogens is 222 g/mol. The highest BCUT2D eigenvalue weighted by Crippen LogP contribution is 2.25. The molecular formula is C13H14ClNO. The van der Waals surface area contributed by atoms with E-state index in [1.807, 2.05) is 12.1 Å². The predicted molar refractivity (Wildman–Crippen MR) is 67.4 cm³/mol. The lowest BCUT2D eigenvalue weighted by Crippen LogP contribution is -2.29. The minimum absolute atomic E-state index is 0.528. The van der Waals surface area contributed by atoms with Crippen LogP contribution >= 0.6 is 11.6 Å². The molecule has 0 unspecified atom stereocenters. The highest BCUT2D eigenvalue weighted by atomic mass is 35.5. The molecule has 0 saturated carbocycles. The topological polar surface area (TPSA) is 20.3 Å². The average molecular weight is 236 g/mol. The molecule has 0 aromatic heterocycles. The number of benzene rings is 1. The fourth-order valence-electron chi connectivity index (χ4n) is 1.94. The fourth-order valence-corrected chi connectivity index (χ4v) is 2.16. The Balaban J connectivity index is 2.24. The molecule has 1 aromatic carbocycles. The molecule has 0 spiro atoms. The van der Waals surface area contributed by atoms with Gasteiger partial charge in [0.05, 0.1) is 5.02 Å². The minimum atomic E-state index is 0.528. The highest BCUT2D eigenvalue weighted by Gasteiger charge is 2.11. The number of rotatable bonds is 2. The summed E-state index contributed by atoms with van der Waals surface area (Å²) in [5, 5.41) is 0.528. The smallest absolute Gasteiger partial charge is 0.151 e. The van der Waals surface area contributed by atoms with Gasteiger partial charge in [-0.15, -0.1) is 0 Å². The maximum Gasteiger partial charge on any atom is 0.151 e. The zero-order valence-electron chi connectivity index (χ0n) is 9.24. The van der Waals surface area contributed by atoms with Crippen molar-refractivity contribution >= 4 is 23.6 Å². The SMILES string of the molecule is CC1=CCCN(c2ccc(C=O)c(Cl)c2)C1. The Morgan fingerprint density at radius 2 is 2.25 bits per heavy atom. The van der Waals surface area contributed by atoms with Crippen molar-refractivity contribution in [1.29, 1.82) is 0 Å². The van der Waals surface area contributed by atoms with E-state index in [2.05, 4.69) is 17.9 Å². The third kappa shape index (κ3) is 2.27. The summed E-state index contributed by atoms with van der Waals surface area (Å²) in [6.07, 6.45) is 4.12. The Labute approximate surface area is 101 Å². The van der Waals surface area contributed by atoms with Crippen molar-refractivity contribution in [3.8, 4) is 0 Å². The number of halogens is 1. The number of nitrogens with zero attached hydrogens (tertiary/aromatic N) is 1. The molecule has 2 nitrogen and oxygen atoms in total. The molecule has 1 aliphatic rings. The maximum absolute atomic E-state index is 10.7. The molecule has 0 aliphatic carbocycles. The largest absolute Gasteiger partial charge is 0.367 e. The Morgan fingerprint density at radius 3 is 2.88 bits per heavy atom. The molecule has 0 N–H and O–H groups in total. The van der Waals surface area contributed by atoms with Crippen LogP contribution in [-0.2, 0) is 0 Å². The van der Waals surface area contributed by atoms with Gasteiger partial charge in [-0.2, -0.15) is 0 Å². The van der Waals surface area contributed by atoms with E-state index in [1.165, 1.54) is 5.57 Å². The second kappa shape index (κ2) is 4.71. The number of carbonyl (C=O) groups excluding carboxylic acids is 1. The summed E-state index contributed by atoms with van der Waals surface area (Å²) < 4.78 is 0. The van der Waals surface area contributed by atoms with Crippen molar-refractivity contribution in [2.45, 2.75) is 13.3 Å². The van der Waals surface area contributed by atoms with Crippen LogP contribution in [0.5, 0.6) is 0 Å². The van der Waals surface area contributed by atoms with E-state index in [-0.39, 0.29) is 0 Å². The van der Waals surface area contributed by atoms with Gasteiger partial charge in [-0.3, -0.25) is 4.79 Å². The lowest BCUT2D eigenvalue weighted by atomic mass is 10.1. The van der Waals surface area contributed by atoms with Gasteiger partial charge in [-0.25, -0.2) is 0 Å². The van der Waals surface area contributed by atoms with Crippen LogP contribution in [-0.4, -0.2) is 19.4 Å². The fraction of sp³-hybridized carbons (Fsp3) is 0.308. The molecule has 0 radical (unpaired) electrons. The molecule has 1 aromatic rings. The standard InChI is InChI=1S/C13H14ClNO/c1-10-3-2-6-15(8-10)12-5-4-11(9-16)13(14)7-12/h3-5,7,9H,2,6,8H2,1H3. The van der Waals surface area contributed by atoms with Gasteiger partial charge >= 0.3 is 0 Å². The van der Waals surface area contributed by atoms with Crippen LogP contribution in [0.25, 0.3) is 0 Å². The summed E-state index contributed by atoms with van der Waals surface area (Å²) in [7, 11) is 0. The summed E-state index contributed by atoms with van der Waals surface area (Å²) in [5.41, 5.74) is 3.01. The van der Waals surface area contributed by atoms with E-state index >= 15 is 0 Å². The zero-order chi connectivity index (χ0) is 11.5. The first-order chi connectivity index (χ1) is 7.70. The molecule has 84 valence electrons. The normalized spacial score (nSPS) is 15.9. The summed E-state index contributed by atoms with van der Waals surface area (Å²) >= 11 is 6.01. The van der Waals surface area contributed by atoms with Crippen molar-refractivity contribution in [2.24, 2.45) is 0 Å². The van der Waals surface area contributed by atoms with Crippen molar-refractivity contribution < 1.29 is 4.79 Å². The second-order valence-corrected chi connectivity index (χ2v) is 4.49. The number of hydrogen-bond donors (Lipinski definition) is 0. The van der Waals surface area contributed by atoms with Gasteiger partial charge in [-0.1, -0.05) is 23.3 Å². The number of hydrogen-bond acceptors (Lipinski definition) is 2. The molecule has 16 heavy (non-hydrogen) atoms. The molecule has 0 fully saturated rings. The van der Waals surface area contributed by atoms with Crippen LogP contribution in [0.1, 0.15) is 23.7 Å². The van der Waals surface area contributed by atoms with E-state index in [0.717, 1.165) is 31.5 Å². The first kappa shape index (κ1) is 11.2. The lowest BCUT2D eigenvalue weighted by molar-refractivity contribution is 0.112. The summed E-state index contributed by atoms with van der Waals surface area (Å²) in [6.45, 7) is 4.08.